The van der Waals surface area contributed by atoms with Crippen LogP contribution in [-0.2, 0) is 5.41 Å². The van der Waals surface area contributed by atoms with E-state index in [1.165, 1.54) is 49.5 Å². The Morgan fingerprint density at radius 1 is 0.426 bits per heavy atom. The molecule has 0 bridgehead atoms. The summed E-state index contributed by atoms with van der Waals surface area (Å²) < 4.78 is 2.28. The number of para-hydroxylation sites is 1. The molecule has 0 radical (unpaired) electrons. The van der Waals surface area contributed by atoms with Gasteiger partial charge in [-0.25, -0.2) is 9.97 Å². The Kier molecular flexibility index (Phi) is 7.85. The Morgan fingerprint density at radius 3 is 1.87 bits per heavy atom. The van der Waals surface area contributed by atoms with Crippen LogP contribution in [0, 0.1) is 0 Å². The zero-order valence-electron chi connectivity index (χ0n) is 33.9. The van der Waals surface area contributed by atoms with Gasteiger partial charge in [-0.1, -0.05) is 172 Å². The van der Waals surface area contributed by atoms with Gasteiger partial charge in [0.2, 0.25) is 5.95 Å². The zero-order chi connectivity index (χ0) is 40.7. The van der Waals surface area contributed by atoms with E-state index in [9.17, 15) is 0 Å². The molecular formula is C57H40N4. The summed E-state index contributed by atoms with van der Waals surface area (Å²) >= 11 is 0. The number of rotatable bonds is 6. The maximum atomic E-state index is 5.44. The molecule has 1 aliphatic rings. The average molecular weight is 781 g/mol. The van der Waals surface area contributed by atoms with Crippen LogP contribution in [0.1, 0.15) is 25.0 Å². The summed E-state index contributed by atoms with van der Waals surface area (Å²) in [5.41, 5.74) is 15.7. The van der Waals surface area contributed by atoms with Crippen LogP contribution in [0.2, 0.25) is 0 Å². The fourth-order valence-corrected chi connectivity index (χ4v) is 9.82. The fraction of sp³-hybridized carbons (Fsp3) is 0.0526. The van der Waals surface area contributed by atoms with E-state index in [1.807, 2.05) is 0 Å². The summed E-state index contributed by atoms with van der Waals surface area (Å²) in [4.78, 5) is 13.2. The lowest BCUT2D eigenvalue weighted by Gasteiger charge is -2.28. The Bertz CT molecular complexity index is 3490. The second kappa shape index (κ2) is 13.6. The van der Waals surface area contributed by atoms with Crippen molar-refractivity contribution < 1.29 is 0 Å². The smallest absolute Gasteiger partial charge is 0.235 e. The van der Waals surface area contributed by atoms with Gasteiger partial charge in [-0.2, -0.15) is 0 Å². The third-order valence-electron chi connectivity index (χ3n) is 12.8. The number of fused-ring (bicyclic) bond motifs is 9. The molecule has 0 saturated carbocycles. The Morgan fingerprint density at radius 2 is 1.05 bits per heavy atom. The van der Waals surface area contributed by atoms with Crippen molar-refractivity contribution in [3.05, 3.63) is 217 Å². The van der Waals surface area contributed by atoms with E-state index in [0.29, 0.717) is 5.95 Å². The molecule has 0 unspecified atom stereocenters. The van der Waals surface area contributed by atoms with Crippen LogP contribution in [0.5, 0.6) is 0 Å². The summed E-state index contributed by atoms with van der Waals surface area (Å²) in [5, 5.41) is 5.77. The van der Waals surface area contributed by atoms with Crippen LogP contribution in [-0.4, -0.2) is 14.5 Å². The monoisotopic (exact) mass is 780 g/mol. The Labute approximate surface area is 354 Å². The van der Waals surface area contributed by atoms with E-state index in [1.54, 1.807) is 0 Å². The molecule has 4 nitrogen and oxygen atoms in total. The minimum absolute atomic E-state index is 0.147. The third kappa shape index (κ3) is 5.53. The molecule has 0 atom stereocenters. The summed E-state index contributed by atoms with van der Waals surface area (Å²) in [7, 11) is 0. The number of benzene rings is 9. The second-order valence-electron chi connectivity index (χ2n) is 16.6. The lowest BCUT2D eigenvalue weighted by molar-refractivity contribution is 0.660. The predicted octanol–water partition coefficient (Wildman–Crippen LogP) is 15.0. The summed E-state index contributed by atoms with van der Waals surface area (Å²) in [5.74, 6) is 0.640. The van der Waals surface area contributed by atoms with Crippen LogP contribution in [0.25, 0.3) is 82.9 Å². The van der Waals surface area contributed by atoms with Gasteiger partial charge in [0.25, 0.3) is 0 Å². The van der Waals surface area contributed by atoms with Crippen molar-refractivity contribution in [1.82, 2.24) is 14.5 Å². The maximum Gasteiger partial charge on any atom is 0.235 e. The lowest BCUT2D eigenvalue weighted by atomic mass is 9.82. The highest BCUT2D eigenvalue weighted by Crippen LogP contribution is 2.51. The highest BCUT2D eigenvalue weighted by Gasteiger charge is 2.36. The van der Waals surface area contributed by atoms with Crippen molar-refractivity contribution in [2.75, 3.05) is 4.90 Å². The summed E-state index contributed by atoms with van der Waals surface area (Å²) in [6, 6.07) is 74.3. The number of hydrogen-bond acceptors (Lipinski definition) is 3. The van der Waals surface area contributed by atoms with E-state index >= 15 is 0 Å². The number of hydrogen-bond donors (Lipinski definition) is 0. The molecular weight excluding hydrogens is 741 g/mol. The highest BCUT2D eigenvalue weighted by molar-refractivity contribution is 6.21. The Hall–Kier alpha value is -7.82. The summed E-state index contributed by atoms with van der Waals surface area (Å²) in [6.45, 7) is 4.70. The normalized spacial score (nSPS) is 12.9. The van der Waals surface area contributed by atoms with Gasteiger partial charge in [-0.05, 0) is 92.7 Å². The number of anilines is 3. The fourth-order valence-electron chi connectivity index (χ4n) is 9.82. The van der Waals surface area contributed by atoms with Gasteiger partial charge in [0, 0.05) is 44.2 Å². The van der Waals surface area contributed by atoms with Crippen LogP contribution in [0.4, 0.5) is 17.1 Å². The van der Waals surface area contributed by atoms with Crippen molar-refractivity contribution in [3.63, 3.8) is 0 Å². The van der Waals surface area contributed by atoms with Crippen LogP contribution >= 0.6 is 0 Å². The average Bonchev–Trinajstić information content (AvgIpc) is 3.77. The summed E-state index contributed by atoms with van der Waals surface area (Å²) in [6.07, 6.45) is 0. The quantitative estimate of drug-likeness (QED) is 0.169. The van der Waals surface area contributed by atoms with Gasteiger partial charge >= 0.3 is 0 Å². The zero-order valence-corrected chi connectivity index (χ0v) is 33.9. The molecule has 0 aliphatic heterocycles. The van der Waals surface area contributed by atoms with Crippen LogP contribution < -0.4 is 4.90 Å². The molecule has 0 N–H and O–H groups in total. The largest absolute Gasteiger partial charge is 0.310 e. The van der Waals surface area contributed by atoms with Crippen molar-refractivity contribution in [2.45, 2.75) is 19.3 Å². The first-order valence-corrected chi connectivity index (χ1v) is 21.0. The van der Waals surface area contributed by atoms with E-state index in [2.05, 4.69) is 230 Å². The van der Waals surface area contributed by atoms with Gasteiger partial charge in [-0.3, -0.25) is 4.57 Å². The van der Waals surface area contributed by atoms with Crippen molar-refractivity contribution >= 4 is 60.5 Å². The molecule has 2 aromatic heterocycles. The molecule has 12 rings (SSSR count). The molecule has 288 valence electrons. The minimum Gasteiger partial charge on any atom is -0.310 e. The van der Waals surface area contributed by atoms with E-state index < -0.39 is 0 Å². The Balaban J connectivity index is 1.12. The number of aromatic nitrogens is 3. The molecule has 2 heterocycles. The van der Waals surface area contributed by atoms with E-state index in [0.717, 1.165) is 55.6 Å². The molecule has 0 saturated heterocycles. The standard InChI is InChI=1S/C57H40N4/c1-57(2)49-23-13-11-21-45(49)46-32-30-42(35-50(46)57)60(41-28-25-38(26-29-41)37-15-5-3-6-16-37)43-31-33-48-53(36-43)61(52-34-27-39-17-9-10-20-44(39)54(48)52)56-58-51-24-14-12-22-47(51)55(59-56)40-18-7-4-8-19-40/h3-36H,1-2H3. The lowest BCUT2D eigenvalue weighted by Crippen LogP contribution is -2.16. The highest BCUT2D eigenvalue weighted by atomic mass is 15.2. The first-order valence-electron chi connectivity index (χ1n) is 21.0. The first-order chi connectivity index (χ1) is 30.0. The number of nitrogens with zero attached hydrogens (tertiary/aromatic N) is 4. The first kappa shape index (κ1) is 35.2. The minimum atomic E-state index is -0.147. The van der Waals surface area contributed by atoms with Gasteiger partial charge < -0.3 is 4.90 Å². The third-order valence-corrected chi connectivity index (χ3v) is 12.8. The molecule has 1 aliphatic carbocycles. The molecule has 61 heavy (non-hydrogen) atoms. The van der Waals surface area contributed by atoms with E-state index in [-0.39, 0.29) is 5.41 Å². The predicted molar refractivity (Wildman–Crippen MR) is 255 cm³/mol. The molecule has 0 spiro atoms. The van der Waals surface area contributed by atoms with Gasteiger partial charge in [0.1, 0.15) is 0 Å². The van der Waals surface area contributed by atoms with Gasteiger partial charge in [-0.15, -0.1) is 0 Å². The van der Waals surface area contributed by atoms with Gasteiger partial charge in [0.15, 0.2) is 0 Å². The van der Waals surface area contributed by atoms with Crippen molar-refractivity contribution in [2.24, 2.45) is 0 Å². The van der Waals surface area contributed by atoms with Crippen molar-refractivity contribution in [3.8, 4) is 39.5 Å². The topological polar surface area (TPSA) is 34.0 Å². The molecule has 0 fully saturated rings. The molecule has 4 heteroatoms. The maximum absolute atomic E-state index is 5.44. The van der Waals surface area contributed by atoms with Gasteiger partial charge in [0.05, 0.1) is 22.2 Å². The van der Waals surface area contributed by atoms with E-state index in [4.69, 9.17) is 9.97 Å². The van der Waals surface area contributed by atoms with Crippen LogP contribution in [0.3, 0.4) is 0 Å². The van der Waals surface area contributed by atoms with Crippen molar-refractivity contribution in [1.29, 1.82) is 0 Å². The SMILES string of the molecule is CC1(C)c2ccccc2-c2ccc(N(c3ccc(-c4ccccc4)cc3)c3ccc4c5c6ccccc6ccc5n(-c5nc(-c6ccccc6)c6ccccc6n5)c4c3)cc21. The molecule has 11 aromatic rings. The molecule has 0 amide bonds. The second-order valence-corrected chi connectivity index (χ2v) is 16.6. The van der Waals surface area contributed by atoms with Crippen LogP contribution in [0.15, 0.2) is 206 Å². The molecule has 9 aromatic carbocycles.